The van der Waals surface area contributed by atoms with Crippen LogP contribution in [0.5, 0.6) is 0 Å². The van der Waals surface area contributed by atoms with Gasteiger partial charge in [-0.3, -0.25) is 23.4 Å². The molecule has 0 aromatic rings. The van der Waals surface area contributed by atoms with Crippen molar-refractivity contribution in [2.75, 3.05) is 26.4 Å². The molecule has 0 fully saturated rings. The fraction of sp³-hybridized carbons (Fsp3) is 0.650. The number of carbonyl (C=O) groups is 3. The van der Waals surface area contributed by atoms with Crippen LogP contribution in [-0.2, 0) is 42.2 Å². The highest BCUT2D eigenvalue weighted by molar-refractivity contribution is 7.47. The van der Waals surface area contributed by atoms with Crippen LogP contribution in [0.3, 0.4) is 0 Å². The number of hydrogen-bond donors (Lipinski definition) is 2. The number of phosphoric acid groups is 1. The third-order valence-corrected chi connectivity index (χ3v) is 12.1. The summed E-state index contributed by atoms with van der Waals surface area (Å²) in [4.78, 5) is 48.4. The average molecular weight is 1030 g/mol. The summed E-state index contributed by atoms with van der Waals surface area (Å²) in [5.41, 5.74) is 0. The zero-order valence-electron chi connectivity index (χ0n) is 45.1. The van der Waals surface area contributed by atoms with Crippen LogP contribution >= 0.6 is 7.82 Å². The Hall–Kier alpha value is -3.86. The number of aliphatic hydroxyl groups excluding tert-OH is 1. The smallest absolute Gasteiger partial charge is 0.462 e. The standard InChI is InChI=1S/C60H99O11P/c1-4-7-10-13-16-19-22-25-27-28-30-32-34-37-40-43-46-49-58(62)67-53-57(71-60(64)51-48-45-42-39-36-33-29-26-23-20-17-14-11-8-5-2)55-69-72(65,66)68-54-56(52-61)70-59(63)50-47-44-41-38-35-31-24-21-18-15-12-9-6-3/h7,9-10,12,16,18-19,21,25-27,29-32,35,37,40,56-57,61H,4-6,8,11,13-15,17,20,22-24,28,33-34,36,38-39,41-55H2,1-3H3,(H,65,66)/b10-7-,12-9-,19-16-,21-18-,27-25-,29-26-,32-30-,35-31-,40-37-. The number of phosphoric ester groups is 1. The van der Waals surface area contributed by atoms with Gasteiger partial charge in [-0.15, -0.1) is 0 Å². The van der Waals surface area contributed by atoms with E-state index < -0.39 is 57.8 Å². The minimum atomic E-state index is -4.77. The minimum absolute atomic E-state index is 0.133. The Bertz CT molecular complexity index is 1620. The topological polar surface area (TPSA) is 155 Å². The van der Waals surface area contributed by atoms with Crippen LogP contribution in [0.1, 0.15) is 213 Å². The van der Waals surface area contributed by atoms with Crippen molar-refractivity contribution in [3.05, 3.63) is 109 Å². The Kier molecular flexibility index (Phi) is 50.6. The highest BCUT2D eigenvalue weighted by Crippen LogP contribution is 2.43. The SMILES string of the molecule is CC/C=C\C/C=C\C/C=C\C/C=C\C/C=C\CCCC(=O)OCC(COP(=O)(O)OCC(CO)OC(=O)CCCCC/C=C\C/C=C\C/C=C\CC)OC(=O)CCCCCCC/C=C\CCCCCCCC. The summed E-state index contributed by atoms with van der Waals surface area (Å²) in [6.45, 7) is 4.28. The van der Waals surface area contributed by atoms with Gasteiger partial charge >= 0.3 is 25.7 Å². The molecule has 12 heteroatoms. The lowest BCUT2D eigenvalue weighted by atomic mass is 10.1. The van der Waals surface area contributed by atoms with Gasteiger partial charge in [0.05, 0.1) is 19.8 Å². The lowest BCUT2D eigenvalue weighted by Crippen LogP contribution is -2.30. The molecule has 11 nitrogen and oxygen atoms in total. The zero-order valence-corrected chi connectivity index (χ0v) is 46.0. The third-order valence-electron chi connectivity index (χ3n) is 11.2. The lowest BCUT2D eigenvalue weighted by Gasteiger charge is -2.21. The maximum Gasteiger partial charge on any atom is 0.472 e. The molecule has 0 heterocycles. The van der Waals surface area contributed by atoms with Crippen molar-refractivity contribution >= 4 is 25.7 Å². The van der Waals surface area contributed by atoms with E-state index in [9.17, 15) is 28.9 Å². The molecule has 3 unspecified atom stereocenters. The highest BCUT2D eigenvalue weighted by Gasteiger charge is 2.28. The summed E-state index contributed by atoms with van der Waals surface area (Å²) >= 11 is 0. The molecule has 0 amide bonds. The predicted molar refractivity (Wildman–Crippen MR) is 297 cm³/mol. The van der Waals surface area contributed by atoms with Gasteiger partial charge in [0.25, 0.3) is 0 Å². The van der Waals surface area contributed by atoms with Gasteiger partial charge in [-0.25, -0.2) is 4.57 Å². The van der Waals surface area contributed by atoms with Gasteiger partial charge in [-0.05, 0) is 116 Å². The molecule has 0 aliphatic rings. The van der Waals surface area contributed by atoms with Crippen LogP contribution in [-0.4, -0.2) is 66.5 Å². The Morgan fingerprint density at radius 1 is 0.403 bits per heavy atom. The fourth-order valence-corrected chi connectivity index (χ4v) is 7.77. The van der Waals surface area contributed by atoms with Crippen molar-refractivity contribution in [3.63, 3.8) is 0 Å². The van der Waals surface area contributed by atoms with E-state index in [1.54, 1.807) is 0 Å². The first-order valence-electron chi connectivity index (χ1n) is 27.8. The van der Waals surface area contributed by atoms with Gasteiger partial charge in [-0.2, -0.15) is 0 Å². The van der Waals surface area contributed by atoms with E-state index in [1.165, 1.54) is 38.5 Å². The van der Waals surface area contributed by atoms with Crippen LogP contribution in [0, 0.1) is 0 Å². The molecule has 0 bridgehead atoms. The first kappa shape index (κ1) is 68.1. The second-order valence-corrected chi connectivity index (χ2v) is 19.4. The van der Waals surface area contributed by atoms with Gasteiger partial charge in [0.1, 0.15) is 12.7 Å². The molecule has 72 heavy (non-hydrogen) atoms. The summed E-state index contributed by atoms with van der Waals surface area (Å²) in [5, 5.41) is 9.79. The van der Waals surface area contributed by atoms with E-state index in [0.29, 0.717) is 25.7 Å². The highest BCUT2D eigenvalue weighted by atomic mass is 31.2. The van der Waals surface area contributed by atoms with Crippen molar-refractivity contribution in [2.45, 2.75) is 226 Å². The Balaban J connectivity index is 4.87. The second-order valence-electron chi connectivity index (χ2n) is 18.0. The molecule has 0 aromatic heterocycles. The van der Waals surface area contributed by atoms with Crippen LogP contribution in [0.25, 0.3) is 0 Å². The molecule has 3 atom stereocenters. The first-order chi connectivity index (χ1) is 35.2. The maximum absolute atomic E-state index is 12.9. The quantitative estimate of drug-likeness (QED) is 0.0197. The van der Waals surface area contributed by atoms with E-state index in [0.717, 1.165) is 109 Å². The molecule has 0 aliphatic carbocycles. The molecule has 0 aromatic carbocycles. The van der Waals surface area contributed by atoms with Gasteiger partial charge in [0.2, 0.25) is 0 Å². The average Bonchev–Trinajstić information content (AvgIpc) is 3.37. The Morgan fingerprint density at radius 3 is 1.18 bits per heavy atom. The van der Waals surface area contributed by atoms with E-state index in [1.807, 2.05) is 6.08 Å². The van der Waals surface area contributed by atoms with Crippen LogP contribution in [0.15, 0.2) is 109 Å². The third kappa shape index (κ3) is 51.1. The molecule has 0 radical (unpaired) electrons. The lowest BCUT2D eigenvalue weighted by molar-refractivity contribution is -0.161. The summed E-state index contributed by atoms with van der Waals surface area (Å²) in [6.07, 6.45) is 63.5. The molecule has 0 rings (SSSR count). The molecule has 0 spiro atoms. The summed E-state index contributed by atoms with van der Waals surface area (Å²) in [5.74, 6) is -1.59. The maximum atomic E-state index is 12.9. The van der Waals surface area contributed by atoms with Crippen LogP contribution in [0.2, 0.25) is 0 Å². The predicted octanol–water partition coefficient (Wildman–Crippen LogP) is 16.2. The summed E-state index contributed by atoms with van der Waals surface area (Å²) in [6, 6.07) is 0. The van der Waals surface area contributed by atoms with Crippen molar-refractivity contribution in [1.29, 1.82) is 0 Å². The van der Waals surface area contributed by atoms with E-state index in [4.69, 9.17) is 23.3 Å². The summed E-state index contributed by atoms with van der Waals surface area (Å²) < 4.78 is 39.4. The van der Waals surface area contributed by atoms with E-state index >= 15 is 0 Å². The van der Waals surface area contributed by atoms with E-state index in [-0.39, 0.29) is 25.9 Å². The number of hydrogen-bond acceptors (Lipinski definition) is 10. The van der Waals surface area contributed by atoms with Gasteiger partial charge < -0.3 is 24.2 Å². The summed E-state index contributed by atoms with van der Waals surface area (Å²) in [7, 11) is -4.77. The first-order valence-corrected chi connectivity index (χ1v) is 29.3. The molecular formula is C60H99O11P. The van der Waals surface area contributed by atoms with E-state index in [2.05, 4.69) is 124 Å². The molecule has 0 saturated heterocycles. The van der Waals surface area contributed by atoms with Gasteiger partial charge in [0, 0.05) is 19.3 Å². The second kappa shape index (κ2) is 53.4. The number of allylic oxidation sites excluding steroid dienone is 18. The molecular weight excluding hydrogens is 928 g/mol. The monoisotopic (exact) mass is 1030 g/mol. The number of ether oxygens (including phenoxy) is 3. The number of carbonyl (C=O) groups excluding carboxylic acids is 3. The minimum Gasteiger partial charge on any atom is -0.462 e. The van der Waals surface area contributed by atoms with Crippen molar-refractivity contribution in [1.82, 2.24) is 0 Å². The number of esters is 3. The Morgan fingerprint density at radius 2 is 0.736 bits per heavy atom. The van der Waals surface area contributed by atoms with Crippen molar-refractivity contribution in [3.8, 4) is 0 Å². The largest absolute Gasteiger partial charge is 0.472 e. The molecule has 410 valence electrons. The molecule has 0 aliphatic heterocycles. The zero-order chi connectivity index (χ0) is 52.7. The number of unbranched alkanes of at least 4 members (excludes halogenated alkanes) is 15. The fourth-order valence-electron chi connectivity index (χ4n) is 6.99. The van der Waals surface area contributed by atoms with Crippen molar-refractivity contribution in [2.24, 2.45) is 0 Å². The van der Waals surface area contributed by atoms with Gasteiger partial charge in [-0.1, -0.05) is 188 Å². The van der Waals surface area contributed by atoms with Crippen LogP contribution < -0.4 is 0 Å². The van der Waals surface area contributed by atoms with Crippen LogP contribution in [0.4, 0.5) is 0 Å². The normalized spacial score (nSPS) is 14.2. The number of rotatable bonds is 50. The van der Waals surface area contributed by atoms with Crippen molar-refractivity contribution < 1.29 is 52.2 Å². The number of aliphatic hydroxyl groups is 1. The van der Waals surface area contributed by atoms with Gasteiger partial charge in [0.15, 0.2) is 6.10 Å². The molecule has 2 N–H and O–H groups in total. The Labute approximate surface area is 437 Å². The molecule has 0 saturated carbocycles.